The first-order valence-electron chi connectivity index (χ1n) is 8.91. The Kier molecular flexibility index (Phi) is 4.98. The minimum atomic E-state index is -4.48. The second-order valence-corrected chi connectivity index (χ2v) is 8.58. The number of carbonyl (C=O) groups is 1. The lowest BCUT2D eigenvalue weighted by Gasteiger charge is -2.26. The van der Waals surface area contributed by atoms with E-state index in [1.807, 2.05) is 48.2 Å². The summed E-state index contributed by atoms with van der Waals surface area (Å²) in [6, 6.07) is 12.2. The van der Waals surface area contributed by atoms with Crippen LogP contribution in [0, 0.1) is 0 Å². The van der Waals surface area contributed by atoms with E-state index >= 15 is 0 Å². The summed E-state index contributed by atoms with van der Waals surface area (Å²) in [4.78, 5) is 18.0. The first kappa shape index (κ1) is 20.0. The normalized spacial score (nSPS) is 21.7. The van der Waals surface area contributed by atoms with Crippen LogP contribution in [-0.2, 0) is 11.0 Å². The molecule has 2 saturated heterocycles. The van der Waals surface area contributed by atoms with E-state index in [0.717, 1.165) is 23.4 Å². The quantitative estimate of drug-likeness (QED) is 0.658. The van der Waals surface area contributed by atoms with Gasteiger partial charge in [-0.3, -0.25) is 9.69 Å². The zero-order valence-electron chi connectivity index (χ0n) is 15.7. The van der Waals surface area contributed by atoms with Crippen molar-refractivity contribution in [1.82, 2.24) is 4.90 Å². The smallest absolute Gasteiger partial charge is 0.378 e. The summed E-state index contributed by atoms with van der Waals surface area (Å²) < 4.78 is 39.3. The summed E-state index contributed by atoms with van der Waals surface area (Å²) in [5.41, 5.74) is 1.40. The highest BCUT2D eigenvalue weighted by molar-refractivity contribution is 7.99. The van der Waals surface area contributed by atoms with Crippen LogP contribution in [0.3, 0.4) is 0 Å². The summed E-state index contributed by atoms with van der Waals surface area (Å²) in [6.07, 6.45) is -4.48. The molecule has 2 heterocycles. The third kappa shape index (κ3) is 3.46. The number of alkyl halides is 3. The minimum absolute atomic E-state index is 0.149. The molecule has 0 N–H and O–H groups in total. The molecule has 0 saturated carbocycles. The maximum Gasteiger partial charge on any atom is 0.416 e. The molecular formula is C20H18F3N3OS2. The summed E-state index contributed by atoms with van der Waals surface area (Å²) in [5.74, 6) is 0.253. The van der Waals surface area contributed by atoms with Gasteiger partial charge in [-0.25, -0.2) is 0 Å². The minimum Gasteiger partial charge on any atom is -0.378 e. The standard InChI is InChI=1S/C20H18F3N3OS2/c1-24(2)14-8-6-12(7-9-14)18-26-16(11-29-18)17(27)25(19(26)28)15-5-3-4-13(10-15)20(21,22)23/h3-10,16,18H,11H2,1-2H3/t16-,18+/m1/s1. The van der Waals surface area contributed by atoms with Crippen molar-refractivity contribution in [1.29, 1.82) is 0 Å². The number of fused-ring (bicyclic) bond motifs is 1. The molecule has 2 atom stereocenters. The van der Waals surface area contributed by atoms with Crippen LogP contribution in [0.5, 0.6) is 0 Å². The Labute approximate surface area is 176 Å². The van der Waals surface area contributed by atoms with Gasteiger partial charge >= 0.3 is 6.18 Å². The van der Waals surface area contributed by atoms with E-state index < -0.39 is 17.8 Å². The van der Waals surface area contributed by atoms with Crippen LogP contribution in [-0.4, -0.2) is 41.8 Å². The second-order valence-electron chi connectivity index (χ2n) is 7.10. The second kappa shape index (κ2) is 7.21. The zero-order valence-corrected chi connectivity index (χ0v) is 17.3. The van der Waals surface area contributed by atoms with E-state index in [1.165, 1.54) is 17.0 Å². The first-order valence-corrected chi connectivity index (χ1v) is 10.4. The van der Waals surface area contributed by atoms with Crippen molar-refractivity contribution < 1.29 is 18.0 Å². The number of thioether (sulfide) groups is 1. The van der Waals surface area contributed by atoms with E-state index in [2.05, 4.69) is 0 Å². The maximum absolute atomic E-state index is 13.1. The van der Waals surface area contributed by atoms with Crippen LogP contribution in [0.15, 0.2) is 48.5 Å². The molecule has 0 aliphatic carbocycles. The van der Waals surface area contributed by atoms with Gasteiger partial charge in [-0.1, -0.05) is 18.2 Å². The van der Waals surface area contributed by atoms with E-state index in [0.29, 0.717) is 5.75 Å². The van der Waals surface area contributed by atoms with Crippen LogP contribution in [0.1, 0.15) is 16.5 Å². The van der Waals surface area contributed by atoms with Crippen molar-refractivity contribution in [2.24, 2.45) is 0 Å². The van der Waals surface area contributed by atoms with E-state index in [4.69, 9.17) is 12.2 Å². The molecule has 0 unspecified atom stereocenters. The third-order valence-electron chi connectivity index (χ3n) is 5.04. The fourth-order valence-corrected chi connectivity index (χ4v) is 5.46. The molecule has 29 heavy (non-hydrogen) atoms. The average molecular weight is 438 g/mol. The number of amides is 1. The largest absolute Gasteiger partial charge is 0.416 e. The van der Waals surface area contributed by atoms with E-state index in [9.17, 15) is 18.0 Å². The Morgan fingerprint density at radius 3 is 2.45 bits per heavy atom. The Morgan fingerprint density at radius 2 is 1.83 bits per heavy atom. The molecule has 4 rings (SSSR count). The first-order chi connectivity index (χ1) is 13.7. The molecule has 2 aliphatic heterocycles. The van der Waals surface area contributed by atoms with Crippen molar-refractivity contribution >= 4 is 46.4 Å². The predicted octanol–water partition coefficient (Wildman–Crippen LogP) is 4.52. The van der Waals surface area contributed by atoms with Crippen molar-refractivity contribution in [2.75, 3.05) is 29.6 Å². The monoisotopic (exact) mass is 437 g/mol. The molecule has 2 aliphatic rings. The van der Waals surface area contributed by atoms with Gasteiger partial charge < -0.3 is 9.80 Å². The fourth-order valence-electron chi connectivity index (χ4n) is 3.54. The average Bonchev–Trinajstić information content (AvgIpc) is 3.22. The molecule has 0 aromatic heterocycles. The molecule has 2 aromatic rings. The van der Waals surface area contributed by atoms with E-state index in [1.54, 1.807) is 11.8 Å². The van der Waals surface area contributed by atoms with Crippen molar-refractivity contribution in [3.8, 4) is 0 Å². The van der Waals surface area contributed by atoms with Gasteiger partial charge in [-0.15, -0.1) is 11.8 Å². The van der Waals surface area contributed by atoms with Crippen molar-refractivity contribution in [2.45, 2.75) is 17.6 Å². The number of carbonyl (C=O) groups excluding carboxylic acids is 1. The van der Waals surface area contributed by atoms with Crippen LogP contribution >= 0.6 is 24.0 Å². The van der Waals surface area contributed by atoms with Gasteiger partial charge in [0, 0.05) is 25.5 Å². The zero-order chi connectivity index (χ0) is 20.9. The molecule has 0 spiro atoms. The summed E-state index contributed by atoms with van der Waals surface area (Å²) in [6.45, 7) is 0. The Bertz CT molecular complexity index is 962. The number of halogens is 3. The molecule has 0 radical (unpaired) electrons. The van der Waals surface area contributed by atoms with Crippen LogP contribution in [0.4, 0.5) is 24.5 Å². The highest BCUT2D eigenvalue weighted by Crippen LogP contribution is 2.46. The van der Waals surface area contributed by atoms with Gasteiger partial charge in [0.2, 0.25) is 0 Å². The molecule has 0 bridgehead atoms. The van der Waals surface area contributed by atoms with Crippen LogP contribution < -0.4 is 9.80 Å². The Morgan fingerprint density at radius 1 is 1.14 bits per heavy atom. The topological polar surface area (TPSA) is 26.8 Å². The Balaban J connectivity index is 1.64. The summed E-state index contributed by atoms with van der Waals surface area (Å²) >= 11 is 7.16. The van der Waals surface area contributed by atoms with E-state index in [-0.39, 0.29) is 22.1 Å². The van der Waals surface area contributed by atoms with Crippen molar-refractivity contribution in [3.05, 3.63) is 59.7 Å². The lowest BCUT2D eigenvalue weighted by molar-refractivity contribution is -0.137. The number of rotatable bonds is 3. The molecule has 152 valence electrons. The van der Waals surface area contributed by atoms with Gasteiger partial charge in [0.15, 0.2) is 5.11 Å². The SMILES string of the molecule is CN(C)c1ccc([C@@H]2SC[C@@H]3C(=O)N(c4cccc(C(F)(F)F)c4)C(=S)N32)cc1. The lowest BCUT2D eigenvalue weighted by atomic mass is 10.1. The molecule has 1 amide bonds. The van der Waals surface area contributed by atoms with Gasteiger partial charge in [0.1, 0.15) is 11.4 Å². The number of thiocarbonyl (C=S) groups is 1. The van der Waals surface area contributed by atoms with Crippen LogP contribution in [0.2, 0.25) is 0 Å². The summed E-state index contributed by atoms with van der Waals surface area (Å²) in [7, 11) is 3.91. The van der Waals surface area contributed by atoms with Crippen molar-refractivity contribution in [3.63, 3.8) is 0 Å². The summed E-state index contributed by atoms with van der Waals surface area (Å²) in [5, 5.41) is 0.0921. The Hall–Kier alpha value is -2.26. The van der Waals surface area contributed by atoms with Gasteiger partial charge in [0.25, 0.3) is 5.91 Å². The van der Waals surface area contributed by atoms with Gasteiger partial charge in [-0.2, -0.15) is 13.2 Å². The number of hydrogen-bond acceptors (Lipinski definition) is 4. The fraction of sp³-hybridized carbons (Fsp3) is 0.300. The number of anilines is 2. The highest BCUT2D eigenvalue weighted by atomic mass is 32.2. The maximum atomic E-state index is 13.1. The molecule has 2 aromatic carbocycles. The number of hydrogen-bond donors (Lipinski definition) is 0. The molecule has 4 nitrogen and oxygen atoms in total. The van der Waals surface area contributed by atoms with Gasteiger partial charge in [0.05, 0.1) is 11.3 Å². The lowest BCUT2D eigenvalue weighted by Crippen LogP contribution is -2.33. The third-order valence-corrected chi connectivity index (χ3v) is 6.76. The predicted molar refractivity (Wildman–Crippen MR) is 113 cm³/mol. The highest BCUT2D eigenvalue weighted by Gasteiger charge is 2.51. The molecule has 9 heteroatoms. The number of nitrogens with zero attached hydrogens (tertiary/aromatic N) is 3. The molecule has 2 fully saturated rings. The molecular weight excluding hydrogens is 419 g/mol. The van der Waals surface area contributed by atoms with Crippen LogP contribution in [0.25, 0.3) is 0 Å². The van der Waals surface area contributed by atoms with Gasteiger partial charge in [-0.05, 0) is 48.1 Å². The number of benzene rings is 2.